The third-order valence-electron chi connectivity index (χ3n) is 3.51. The molecule has 0 spiro atoms. The van der Waals surface area contributed by atoms with Gasteiger partial charge in [0.1, 0.15) is 18.1 Å². The third kappa shape index (κ3) is 4.17. The van der Waals surface area contributed by atoms with Gasteiger partial charge in [0.25, 0.3) is 5.91 Å². The van der Waals surface area contributed by atoms with Crippen molar-refractivity contribution in [2.24, 2.45) is 0 Å². The fourth-order valence-electron chi connectivity index (χ4n) is 2.14. The standard InChI is InChI=1S/C18H17N3O2S/c1-13-17(21-24-20-13)12-23-16-9-5-8-15(10-16)18(22)19-11-14-6-3-2-4-7-14/h2-10H,11-12H2,1H3,(H,19,22). The second-order valence-corrected chi connectivity index (χ2v) is 5.81. The van der Waals surface area contributed by atoms with E-state index < -0.39 is 0 Å². The van der Waals surface area contributed by atoms with Crippen molar-refractivity contribution in [1.29, 1.82) is 0 Å². The topological polar surface area (TPSA) is 64.1 Å². The molecule has 0 saturated carbocycles. The Morgan fingerprint density at radius 1 is 1.12 bits per heavy atom. The van der Waals surface area contributed by atoms with Gasteiger partial charge in [-0.3, -0.25) is 4.79 Å². The average molecular weight is 339 g/mol. The van der Waals surface area contributed by atoms with Crippen LogP contribution in [0.1, 0.15) is 27.3 Å². The van der Waals surface area contributed by atoms with Crippen LogP contribution in [0.25, 0.3) is 0 Å². The first-order valence-corrected chi connectivity index (χ1v) is 8.28. The van der Waals surface area contributed by atoms with Crippen LogP contribution in [0.5, 0.6) is 5.75 Å². The summed E-state index contributed by atoms with van der Waals surface area (Å²) in [7, 11) is 0. The van der Waals surface area contributed by atoms with Crippen LogP contribution in [-0.2, 0) is 13.2 Å². The van der Waals surface area contributed by atoms with Gasteiger partial charge in [0.2, 0.25) is 0 Å². The molecule has 0 aliphatic heterocycles. The molecule has 0 unspecified atom stereocenters. The van der Waals surface area contributed by atoms with Crippen molar-refractivity contribution in [1.82, 2.24) is 14.1 Å². The molecule has 2 aromatic carbocycles. The second-order valence-electron chi connectivity index (χ2n) is 5.28. The van der Waals surface area contributed by atoms with Crippen LogP contribution in [0.2, 0.25) is 0 Å². The minimum Gasteiger partial charge on any atom is -0.487 e. The monoisotopic (exact) mass is 339 g/mol. The van der Waals surface area contributed by atoms with Gasteiger partial charge in [-0.2, -0.15) is 8.75 Å². The molecule has 0 atom stereocenters. The quantitative estimate of drug-likeness (QED) is 0.748. The van der Waals surface area contributed by atoms with Gasteiger partial charge in [-0.15, -0.1) is 0 Å². The first-order chi connectivity index (χ1) is 11.7. The molecule has 0 aliphatic rings. The zero-order chi connectivity index (χ0) is 16.8. The summed E-state index contributed by atoms with van der Waals surface area (Å²) >= 11 is 1.17. The first kappa shape index (κ1) is 16.1. The fraction of sp³-hybridized carbons (Fsp3) is 0.167. The first-order valence-electron chi connectivity index (χ1n) is 7.55. The lowest BCUT2D eigenvalue weighted by molar-refractivity contribution is 0.0950. The van der Waals surface area contributed by atoms with Crippen molar-refractivity contribution >= 4 is 17.6 Å². The number of carbonyl (C=O) groups is 1. The van der Waals surface area contributed by atoms with Gasteiger partial charge in [0.05, 0.1) is 17.4 Å². The summed E-state index contributed by atoms with van der Waals surface area (Å²) in [6.45, 7) is 2.74. The highest BCUT2D eigenvalue weighted by atomic mass is 32.1. The summed E-state index contributed by atoms with van der Waals surface area (Å²) in [6.07, 6.45) is 0. The van der Waals surface area contributed by atoms with E-state index >= 15 is 0 Å². The predicted octanol–water partition coefficient (Wildman–Crippen LogP) is 3.36. The molecule has 0 saturated heterocycles. The normalized spacial score (nSPS) is 10.4. The second kappa shape index (κ2) is 7.70. The van der Waals surface area contributed by atoms with Crippen LogP contribution in [0.4, 0.5) is 0 Å². The number of ether oxygens (including phenoxy) is 1. The molecule has 5 nitrogen and oxygen atoms in total. The highest BCUT2D eigenvalue weighted by Crippen LogP contribution is 2.16. The maximum Gasteiger partial charge on any atom is 0.251 e. The number of carbonyl (C=O) groups excluding carboxylic acids is 1. The molecule has 1 amide bonds. The Morgan fingerprint density at radius 2 is 1.96 bits per heavy atom. The number of hydrogen-bond acceptors (Lipinski definition) is 5. The number of hydrogen-bond donors (Lipinski definition) is 1. The van der Waals surface area contributed by atoms with E-state index in [2.05, 4.69) is 14.1 Å². The van der Waals surface area contributed by atoms with E-state index in [1.165, 1.54) is 11.7 Å². The Balaban J connectivity index is 1.60. The molecule has 122 valence electrons. The Hall–Kier alpha value is -2.73. The Bertz CT molecular complexity index is 818. The van der Waals surface area contributed by atoms with Gasteiger partial charge in [0, 0.05) is 12.1 Å². The van der Waals surface area contributed by atoms with E-state index in [1.54, 1.807) is 18.2 Å². The van der Waals surface area contributed by atoms with Gasteiger partial charge in [-0.05, 0) is 30.7 Å². The Kier molecular flexibility index (Phi) is 5.18. The summed E-state index contributed by atoms with van der Waals surface area (Å²) < 4.78 is 14.0. The summed E-state index contributed by atoms with van der Waals surface area (Å²) in [6, 6.07) is 16.9. The van der Waals surface area contributed by atoms with Crippen LogP contribution in [-0.4, -0.2) is 14.7 Å². The molecule has 3 aromatic rings. The number of amides is 1. The van der Waals surface area contributed by atoms with E-state index in [0.29, 0.717) is 24.5 Å². The van der Waals surface area contributed by atoms with Crippen LogP contribution < -0.4 is 10.1 Å². The van der Waals surface area contributed by atoms with E-state index in [1.807, 2.05) is 43.3 Å². The van der Waals surface area contributed by atoms with Gasteiger partial charge < -0.3 is 10.1 Å². The van der Waals surface area contributed by atoms with E-state index in [0.717, 1.165) is 17.0 Å². The molecule has 1 heterocycles. The molecule has 24 heavy (non-hydrogen) atoms. The van der Waals surface area contributed by atoms with E-state index in [4.69, 9.17) is 4.74 Å². The van der Waals surface area contributed by atoms with E-state index in [9.17, 15) is 4.79 Å². The molecule has 0 radical (unpaired) electrons. The number of aromatic nitrogens is 2. The lowest BCUT2D eigenvalue weighted by Crippen LogP contribution is -2.22. The van der Waals surface area contributed by atoms with Crippen molar-refractivity contribution in [3.63, 3.8) is 0 Å². The highest BCUT2D eigenvalue weighted by Gasteiger charge is 2.08. The highest BCUT2D eigenvalue weighted by molar-refractivity contribution is 6.99. The summed E-state index contributed by atoms with van der Waals surface area (Å²) in [5, 5.41) is 2.91. The van der Waals surface area contributed by atoms with E-state index in [-0.39, 0.29) is 5.91 Å². The number of benzene rings is 2. The third-order valence-corrected chi connectivity index (χ3v) is 4.17. The van der Waals surface area contributed by atoms with Crippen LogP contribution in [0, 0.1) is 6.92 Å². The zero-order valence-corrected chi connectivity index (χ0v) is 14.0. The number of rotatable bonds is 6. The largest absolute Gasteiger partial charge is 0.487 e. The minimum absolute atomic E-state index is 0.129. The average Bonchev–Trinajstić information content (AvgIpc) is 3.04. The predicted molar refractivity (Wildman–Crippen MR) is 93.0 cm³/mol. The van der Waals surface area contributed by atoms with Crippen LogP contribution in [0.15, 0.2) is 54.6 Å². The summed E-state index contributed by atoms with van der Waals surface area (Å²) in [4.78, 5) is 12.3. The molecule has 3 rings (SSSR count). The van der Waals surface area contributed by atoms with Crippen molar-refractivity contribution in [3.05, 3.63) is 77.1 Å². The molecule has 0 aliphatic carbocycles. The Labute approximate surface area is 144 Å². The number of aryl methyl sites for hydroxylation is 1. The molecule has 6 heteroatoms. The fourth-order valence-corrected chi connectivity index (χ4v) is 2.69. The number of nitrogens with one attached hydrogen (secondary N) is 1. The molecule has 0 fully saturated rings. The van der Waals surface area contributed by atoms with Crippen LogP contribution in [0.3, 0.4) is 0 Å². The molecule has 0 bridgehead atoms. The van der Waals surface area contributed by atoms with Gasteiger partial charge in [0.15, 0.2) is 0 Å². The lowest BCUT2D eigenvalue weighted by atomic mass is 10.2. The van der Waals surface area contributed by atoms with Crippen molar-refractivity contribution in [2.75, 3.05) is 0 Å². The molecular weight excluding hydrogens is 322 g/mol. The summed E-state index contributed by atoms with van der Waals surface area (Å²) in [5.74, 6) is 0.505. The number of nitrogens with zero attached hydrogens (tertiary/aromatic N) is 2. The lowest BCUT2D eigenvalue weighted by Gasteiger charge is -2.08. The maximum atomic E-state index is 12.3. The van der Waals surface area contributed by atoms with Crippen molar-refractivity contribution < 1.29 is 9.53 Å². The molecule has 1 aromatic heterocycles. The van der Waals surface area contributed by atoms with Crippen molar-refractivity contribution in [2.45, 2.75) is 20.1 Å². The SMILES string of the molecule is Cc1nsnc1COc1cccc(C(=O)NCc2ccccc2)c1. The molecule has 1 N–H and O–H groups in total. The zero-order valence-electron chi connectivity index (χ0n) is 13.2. The van der Waals surface area contributed by atoms with Crippen molar-refractivity contribution in [3.8, 4) is 5.75 Å². The molecular formula is C18H17N3O2S. The van der Waals surface area contributed by atoms with Gasteiger partial charge in [-0.25, -0.2) is 0 Å². The Morgan fingerprint density at radius 3 is 2.71 bits per heavy atom. The van der Waals surface area contributed by atoms with Gasteiger partial charge in [-0.1, -0.05) is 36.4 Å². The van der Waals surface area contributed by atoms with Crippen LogP contribution >= 0.6 is 11.7 Å². The smallest absolute Gasteiger partial charge is 0.251 e. The minimum atomic E-state index is -0.129. The summed E-state index contributed by atoms with van der Waals surface area (Å²) in [5.41, 5.74) is 3.32. The van der Waals surface area contributed by atoms with Gasteiger partial charge >= 0.3 is 0 Å². The maximum absolute atomic E-state index is 12.3.